The summed E-state index contributed by atoms with van der Waals surface area (Å²) < 4.78 is 0. The van der Waals surface area contributed by atoms with Gasteiger partial charge in [0.25, 0.3) is 0 Å². The van der Waals surface area contributed by atoms with Crippen LogP contribution in [0.3, 0.4) is 0 Å². The molecule has 2 heteroatoms. The molecule has 0 spiro atoms. The number of benzene rings is 3. The van der Waals surface area contributed by atoms with Crippen LogP contribution in [0, 0.1) is 11.3 Å². The summed E-state index contributed by atoms with van der Waals surface area (Å²) >= 11 is 1.73. The largest absolute Gasteiger partial charge is 0.192 e. The zero-order valence-electron chi connectivity index (χ0n) is 10.2. The molecule has 0 radical (unpaired) electrons. The van der Waals surface area contributed by atoms with Crippen molar-refractivity contribution in [3.05, 3.63) is 72.3 Å². The fourth-order valence-corrected chi connectivity index (χ4v) is 3.04. The minimum Gasteiger partial charge on any atom is -0.192 e. The van der Waals surface area contributed by atoms with Crippen LogP contribution in [-0.4, -0.2) is 0 Å². The summed E-state index contributed by atoms with van der Waals surface area (Å²) in [6.07, 6.45) is 0. The first-order valence-electron chi connectivity index (χ1n) is 6.03. The topological polar surface area (TPSA) is 23.8 Å². The molecule has 0 saturated heterocycles. The maximum atomic E-state index is 9.16. The van der Waals surface area contributed by atoms with Crippen molar-refractivity contribution in [3.63, 3.8) is 0 Å². The lowest BCUT2D eigenvalue weighted by molar-refractivity contribution is 1.43. The SMILES string of the molecule is N#Cc1ccc(Sc2ccccc2)c2ccccc12. The number of nitrogens with zero attached hydrogens (tertiary/aromatic N) is 1. The third-order valence-corrected chi connectivity index (χ3v) is 4.06. The Morgan fingerprint density at radius 2 is 1.42 bits per heavy atom. The summed E-state index contributed by atoms with van der Waals surface area (Å²) in [5.74, 6) is 0. The summed E-state index contributed by atoms with van der Waals surface area (Å²) in [6, 6.07) is 24.5. The van der Waals surface area contributed by atoms with Crippen LogP contribution in [0.4, 0.5) is 0 Å². The highest BCUT2D eigenvalue weighted by Crippen LogP contribution is 2.34. The average molecular weight is 261 g/mol. The molecule has 3 aromatic rings. The molecule has 0 aromatic heterocycles. The summed E-state index contributed by atoms with van der Waals surface area (Å²) in [6.45, 7) is 0. The van der Waals surface area contributed by atoms with Gasteiger partial charge in [-0.1, -0.05) is 54.2 Å². The van der Waals surface area contributed by atoms with Gasteiger partial charge in [0.2, 0.25) is 0 Å². The van der Waals surface area contributed by atoms with Crippen LogP contribution in [0.1, 0.15) is 5.56 Å². The molecule has 19 heavy (non-hydrogen) atoms. The molecule has 3 rings (SSSR count). The van der Waals surface area contributed by atoms with Gasteiger partial charge in [-0.15, -0.1) is 0 Å². The lowest BCUT2D eigenvalue weighted by atomic mass is 10.1. The van der Waals surface area contributed by atoms with Gasteiger partial charge in [-0.2, -0.15) is 5.26 Å². The maximum absolute atomic E-state index is 9.16. The molecule has 0 N–H and O–H groups in total. The highest BCUT2D eigenvalue weighted by molar-refractivity contribution is 7.99. The van der Waals surface area contributed by atoms with Gasteiger partial charge >= 0.3 is 0 Å². The van der Waals surface area contributed by atoms with Gasteiger partial charge in [0.15, 0.2) is 0 Å². The number of rotatable bonds is 2. The van der Waals surface area contributed by atoms with Crippen molar-refractivity contribution in [2.75, 3.05) is 0 Å². The second-order valence-electron chi connectivity index (χ2n) is 4.18. The molecule has 1 nitrogen and oxygen atoms in total. The van der Waals surface area contributed by atoms with E-state index >= 15 is 0 Å². The number of nitriles is 1. The molecule has 90 valence electrons. The first kappa shape index (κ1) is 11.8. The van der Waals surface area contributed by atoms with Crippen LogP contribution in [0.2, 0.25) is 0 Å². The van der Waals surface area contributed by atoms with Crippen molar-refractivity contribution in [1.82, 2.24) is 0 Å². The van der Waals surface area contributed by atoms with E-state index in [4.69, 9.17) is 5.26 Å². The van der Waals surface area contributed by atoms with E-state index in [1.54, 1.807) is 11.8 Å². The van der Waals surface area contributed by atoms with Crippen molar-refractivity contribution in [1.29, 1.82) is 5.26 Å². The molecule has 0 amide bonds. The molecule has 0 unspecified atom stereocenters. The van der Waals surface area contributed by atoms with Crippen LogP contribution >= 0.6 is 11.8 Å². The van der Waals surface area contributed by atoms with Gasteiger partial charge in [-0.3, -0.25) is 0 Å². The predicted octanol–water partition coefficient (Wildman–Crippen LogP) is 4.86. The van der Waals surface area contributed by atoms with E-state index in [1.165, 1.54) is 9.79 Å². The Morgan fingerprint density at radius 3 is 2.16 bits per heavy atom. The Balaban J connectivity index is 2.13. The first-order chi connectivity index (χ1) is 9.38. The van der Waals surface area contributed by atoms with Gasteiger partial charge < -0.3 is 0 Å². The molecule has 0 heterocycles. The Kier molecular flexibility index (Phi) is 3.22. The Morgan fingerprint density at radius 1 is 0.737 bits per heavy atom. The highest BCUT2D eigenvalue weighted by atomic mass is 32.2. The maximum Gasteiger partial charge on any atom is 0.0998 e. The fourth-order valence-electron chi connectivity index (χ4n) is 2.07. The molecule has 0 aliphatic heterocycles. The van der Waals surface area contributed by atoms with Crippen LogP contribution < -0.4 is 0 Å². The third-order valence-electron chi connectivity index (χ3n) is 2.98. The van der Waals surface area contributed by atoms with E-state index in [1.807, 2.05) is 48.5 Å². The number of hydrogen-bond donors (Lipinski definition) is 0. The predicted molar refractivity (Wildman–Crippen MR) is 79.2 cm³/mol. The summed E-state index contributed by atoms with van der Waals surface area (Å²) in [5, 5.41) is 11.3. The Labute approximate surface area is 116 Å². The second-order valence-corrected chi connectivity index (χ2v) is 5.30. The summed E-state index contributed by atoms with van der Waals surface area (Å²) in [5.41, 5.74) is 0.730. The molecule has 0 aliphatic carbocycles. The monoisotopic (exact) mass is 261 g/mol. The molecule has 0 fully saturated rings. The van der Waals surface area contributed by atoms with E-state index in [-0.39, 0.29) is 0 Å². The first-order valence-corrected chi connectivity index (χ1v) is 6.85. The van der Waals surface area contributed by atoms with Crippen molar-refractivity contribution >= 4 is 22.5 Å². The number of fused-ring (bicyclic) bond motifs is 1. The van der Waals surface area contributed by atoms with Crippen molar-refractivity contribution in [2.45, 2.75) is 9.79 Å². The van der Waals surface area contributed by atoms with Gasteiger partial charge in [-0.25, -0.2) is 0 Å². The summed E-state index contributed by atoms with van der Waals surface area (Å²) in [4.78, 5) is 2.39. The van der Waals surface area contributed by atoms with Crippen molar-refractivity contribution in [2.24, 2.45) is 0 Å². The highest BCUT2D eigenvalue weighted by Gasteiger charge is 2.06. The van der Waals surface area contributed by atoms with E-state index in [0.717, 1.165) is 16.3 Å². The normalized spacial score (nSPS) is 10.3. The molecule has 0 atom stereocenters. The minimum atomic E-state index is 0.730. The lowest BCUT2D eigenvalue weighted by Crippen LogP contribution is -1.83. The van der Waals surface area contributed by atoms with E-state index < -0.39 is 0 Å². The van der Waals surface area contributed by atoms with Crippen LogP contribution in [0.5, 0.6) is 0 Å². The van der Waals surface area contributed by atoms with Crippen LogP contribution in [0.15, 0.2) is 76.5 Å². The van der Waals surface area contributed by atoms with Gasteiger partial charge in [0.05, 0.1) is 11.6 Å². The second kappa shape index (κ2) is 5.17. The molecule has 3 aromatic carbocycles. The fraction of sp³-hybridized carbons (Fsp3) is 0. The molecule has 0 bridgehead atoms. The van der Waals surface area contributed by atoms with E-state index in [2.05, 4.69) is 24.3 Å². The minimum absolute atomic E-state index is 0.730. The zero-order valence-corrected chi connectivity index (χ0v) is 11.0. The van der Waals surface area contributed by atoms with Crippen LogP contribution in [-0.2, 0) is 0 Å². The van der Waals surface area contributed by atoms with E-state index in [9.17, 15) is 0 Å². The number of hydrogen-bond acceptors (Lipinski definition) is 2. The van der Waals surface area contributed by atoms with Gasteiger partial charge in [0, 0.05) is 15.2 Å². The molecular formula is C17H11NS. The Hall–Kier alpha value is -2.24. The molecule has 0 aliphatic rings. The third kappa shape index (κ3) is 2.33. The van der Waals surface area contributed by atoms with Gasteiger partial charge in [-0.05, 0) is 29.7 Å². The van der Waals surface area contributed by atoms with E-state index in [0.29, 0.717) is 0 Å². The quantitative estimate of drug-likeness (QED) is 0.657. The lowest BCUT2D eigenvalue weighted by Gasteiger charge is -2.07. The average Bonchev–Trinajstić information content (AvgIpc) is 2.49. The van der Waals surface area contributed by atoms with Gasteiger partial charge in [0.1, 0.15) is 0 Å². The molecule has 0 saturated carbocycles. The van der Waals surface area contributed by atoms with Crippen molar-refractivity contribution < 1.29 is 0 Å². The zero-order chi connectivity index (χ0) is 13.1. The summed E-state index contributed by atoms with van der Waals surface area (Å²) in [7, 11) is 0. The van der Waals surface area contributed by atoms with Crippen molar-refractivity contribution in [3.8, 4) is 6.07 Å². The Bertz CT molecular complexity index is 757. The standard InChI is InChI=1S/C17H11NS/c18-12-13-10-11-17(16-9-5-4-8-15(13)16)19-14-6-2-1-3-7-14/h1-11H. The smallest absolute Gasteiger partial charge is 0.0998 e. The molecular weight excluding hydrogens is 250 g/mol. The van der Waals surface area contributed by atoms with Crippen LogP contribution in [0.25, 0.3) is 10.8 Å².